The fourth-order valence-electron chi connectivity index (χ4n) is 9.07. The summed E-state index contributed by atoms with van der Waals surface area (Å²) in [7, 11) is 0. The fraction of sp³-hybridized carbons (Fsp3) is 0.729. The number of esters is 3. The van der Waals surface area contributed by atoms with Gasteiger partial charge in [-0.2, -0.15) is 0 Å². The number of hydrogen-bond acceptors (Lipinski definition) is 6. The van der Waals surface area contributed by atoms with Crippen LogP contribution in [0.3, 0.4) is 0 Å². The maximum absolute atomic E-state index is 12.9. The van der Waals surface area contributed by atoms with Gasteiger partial charge >= 0.3 is 17.9 Å². The van der Waals surface area contributed by atoms with E-state index in [4.69, 9.17) is 14.2 Å². The second-order valence-electron chi connectivity index (χ2n) is 21.3. The molecule has 0 rings (SSSR count). The molecule has 0 saturated carbocycles. The van der Waals surface area contributed by atoms with E-state index in [1.165, 1.54) is 161 Å². The van der Waals surface area contributed by atoms with Gasteiger partial charge in [0.2, 0.25) is 0 Å². The van der Waals surface area contributed by atoms with Crippen molar-refractivity contribution < 1.29 is 28.6 Å². The van der Waals surface area contributed by atoms with Crippen molar-refractivity contribution in [3.8, 4) is 0 Å². The maximum Gasteiger partial charge on any atom is 0.306 e. The van der Waals surface area contributed by atoms with E-state index in [9.17, 15) is 14.4 Å². The van der Waals surface area contributed by atoms with Gasteiger partial charge in [-0.1, -0.05) is 291 Å². The predicted molar refractivity (Wildman–Crippen MR) is 330 cm³/mol. The third kappa shape index (κ3) is 61.2. The van der Waals surface area contributed by atoms with Gasteiger partial charge in [0, 0.05) is 19.3 Å². The summed E-state index contributed by atoms with van der Waals surface area (Å²) in [6, 6.07) is 0. The quantitative estimate of drug-likeness (QED) is 0.0261. The van der Waals surface area contributed by atoms with Gasteiger partial charge in [0.25, 0.3) is 0 Å². The maximum atomic E-state index is 12.9. The molecule has 0 spiro atoms. The summed E-state index contributed by atoms with van der Waals surface area (Å²) in [5, 5.41) is 0. The van der Waals surface area contributed by atoms with Crippen molar-refractivity contribution in [2.24, 2.45) is 0 Å². The third-order valence-corrected chi connectivity index (χ3v) is 13.8. The lowest BCUT2D eigenvalue weighted by Crippen LogP contribution is -2.30. The van der Waals surface area contributed by atoms with Crippen LogP contribution in [0.5, 0.6) is 0 Å². The first-order valence-corrected chi connectivity index (χ1v) is 32.2. The van der Waals surface area contributed by atoms with Crippen LogP contribution in [0.25, 0.3) is 0 Å². The molecule has 1 atom stereocenters. The van der Waals surface area contributed by atoms with Crippen molar-refractivity contribution in [2.45, 2.75) is 316 Å². The van der Waals surface area contributed by atoms with Crippen LogP contribution in [0.2, 0.25) is 0 Å². The van der Waals surface area contributed by atoms with Crippen LogP contribution in [0.15, 0.2) is 97.2 Å². The monoisotopic (exact) mass is 1060 g/mol. The number of carbonyl (C=O) groups excluding carboxylic acids is 3. The molecule has 0 amide bonds. The highest BCUT2D eigenvalue weighted by Crippen LogP contribution is 2.17. The first kappa shape index (κ1) is 72.3. The largest absolute Gasteiger partial charge is 0.462 e. The van der Waals surface area contributed by atoms with Gasteiger partial charge in [-0.25, -0.2) is 0 Å². The van der Waals surface area contributed by atoms with E-state index in [0.717, 1.165) is 109 Å². The van der Waals surface area contributed by atoms with Gasteiger partial charge < -0.3 is 14.2 Å². The normalized spacial score (nSPS) is 12.7. The molecule has 0 saturated heterocycles. The minimum atomic E-state index is -0.777. The summed E-state index contributed by atoms with van der Waals surface area (Å²) in [5.74, 6) is -0.874. The molecule has 0 aliphatic carbocycles. The number of hydrogen-bond donors (Lipinski definition) is 0. The molecule has 0 aromatic heterocycles. The fourth-order valence-corrected chi connectivity index (χ4v) is 9.07. The van der Waals surface area contributed by atoms with Crippen LogP contribution >= 0.6 is 0 Å². The van der Waals surface area contributed by atoms with E-state index in [-0.39, 0.29) is 31.1 Å². The smallest absolute Gasteiger partial charge is 0.306 e. The molecule has 76 heavy (non-hydrogen) atoms. The van der Waals surface area contributed by atoms with Crippen molar-refractivity contribution in [2.75, 3.05) is 13.2 Å². The Morgan fingerprint density at radius 1 is 0.276 bits per heavy atom. The zero-order valence-electron chi connectivity index (χ0n) is 50.0. The minimum Gasteiger partial charge on any atom is -0.462 e. The summed E-state index contributed by atoms with van der Waals surface area (Å²) in [6.45, 7) is 6.41. The standard InChI is InChI=1S/C70H120O6/c1-4-7-10-13-16-19-21-23-25-27-29-31-33-35-37-39-41-43-45-47-49-51-54-57-60-63-69(72)75-66-67(65-74-68(71)62-59-56-53-18-15-12-9-6-3)76-70(73)64-61-58-55-52-50-48-46-44-42-40-38-36-34-32-30-28-26-24-22-20-17-14-11-8-5-2/h7-8,10-11,16-17,19-20,23-26,29-32,67H,4-6,9,12-15,18,21-22,27-28,33-66H2,1-3H3/b10-7-,11-8-,19-16-,20-17-,25-23-,26-24-,31-29-,32-30-. The molecule has 6 nitrogen and oxygen atoms in total. The number of carbonyl (C=O) groups is 3. The highest BCUT2D eigenvalue weighted by molar-refractivity contribution is 5.71. The van der Waals surface area contributed by atoms with Crippen molar-refractivity contribution in [3.63, 3.8) is 0 Å². The number of unbranched alkanes of at least 4 members (excludes halogenated alkanes) is 31. The average molecular weight is 1060 g/mol. The molecule has 0 fully saturated rings. The van der Waals surface area contributed by atoms with E-state index in [1.54, 1.807) is 0 Å². The predicted octanol–water partition coefficient (Wildman–Crippen LogP) is 22.0. The Balaban J connectivity index is 4.17. The number of ether oxygens (including phenoxy) is 3. The Hall–Kier alpha value is -3.67. The van der Waals surface area contributed by atoms with Crippen LogP contribution < -0.4 is 0 Å². The van der Waals surface area contributed by atoms with E-state index >= 15 is 0 Å². The zero-order valence-corrected chi connectivity index (χ0v) is 50.0. The highest BCUT2D eigenvalue weighted by Gasteiger charge is 2.19. The summed E-state index contributed by atoms with van der Waals surface area (Å²) in [5.41, 5.74) is 0. The van der Waals surface area contributed by atoms with Crippen molar-refractivity contribution >= 4 is 17.9 Å². The highest BCUT2D eigenvalue weighted by atomic mass is 16.6. The van der Waals surface area contributed by atoms with Crippen molar-refractivity contribution in [1.29, 1.82) is 0 Å². The van der Waals surface area contributed by atoms with Gasteiger partial charge in [0.05, 0.1) is 0 Å². The number of allylic oxidation sites excluding steroid dienone is 16. The Labute approximate surface area is 470 Å². The Morgan fingerprint density at radius 2 is 0.513 bits per heavy atom. The topological polar surface area (TPSA) is 78.9 Å². The lowest BCUT2D eigenvalue weighted by atomic mass is 10.0. The third-order valence-electron chi connectivity index (χ3n) is 13.8. The molecule has 6 heteroatoms. The van der Waals surface area contributed by atoms with E-state index in [0.29, 0.717) is 19.3 Å². The summed E-state index contributed by atoms with van der Waals surface area (Å²) >= 11 is 0. The van der Waals surface area contributed by atoms with Gasteiger partial charge in [-0.05, 0) is 96.3 Å². The summed E-state index contributed by atoms with van der Waals surface area (Å²) in [6.07, 6.45) is 85.7. The SMILES string of the molecule is CC/C=C\C/C=C\C/C=C\C/C=C\CCCCCCCCCCCCCCC(=O)OCC(COC(=O)CCCCCCCCCC)OC(=O)CCCCCCCCCCCCCC/C=C\C/C=C\C/C=C\C/C=C\CC. The van der Waals surface area contributed by atoms with Gasteiger partial charge in [0.1, 0.15) is 13.2 Å². The molecular formula is C70H120O6. The van der Waals surface area contributed by atoms with Crippen molar-refractivity contribution in [3.05, 3.63) is 97.2 Å². The lowest BCUT2D eigenvalue weighted by Gasteiger charge is -2.18. The molecule has 0 radical (unpaired) electrons. The van der Waals surface area contributed by atoms with Crippen LogP contribution in [0, 0.1) is 0 Å². The van der Waals surface area contributed by atoms with E-state index in [1.807, 2.05) is 0 Å². The van der Waals surface area contributed by atoms with E-state index in [2.05, 4.69) is 118 Å². The molecule has 436 valence electrons. The molecule has 0 bridgehead atoms. The molecule has 0 aromatic carbocycles. The van der Waals surface area contributed by atoms with Gasteiger partial charge in [-0.3, -0.25) is 14.4 Å². The van der Waals surface area contributed by atoms with Crippen LogP contribution in [0.1, 0.15) is 310 Å². The van der Waals surface area contributed by atoms with E-state index < -0.39 is 6.10 Å². The molecular weight excluding hydrogens is 937 g/mol. The second kappa shape index (κ2) is 63.9. The van der Waals surface area contributed by atoms with Gasteiger partial charge in [-0.15, -0.1) is 0 Å². The molecule has 0 N–H and O–H groups in total. The summed E-state index contributed by atoms with van der Waals surface area (Å²) in [4.78, 5) is 38.2. The van der Waals surface area contributed by atoms with Crippen LogP contribution in [0.4, 0.5) is 0 Å². The first-order chi connectivity index (χ1) is 37.5. The lowest BCUT2D eigenvalue weighted by molar-refractivity contribution is -0.167. The Morgan fingerprint density at radius 3 is 0.803 bits per heavy atom. The number of rotatable bonds is 58. The molecule has 0 aliphatic rings. The van der Waals surface area contributed by atoms with Crippen molar-refractivity contribution in [1.82, 2.24) is 0 Å². The average Bonchev–Trinajstić information content (AvgIpc) is 3.42. The second-order valence-corrected chi connectivity index (χ2v) is 21.3. The van der Waals surface area contributed by atoms with Crippen LogP contribution in [-0.2, 0) is 28.6 Å². The zero-order chi connectivity index (χ0) is 55.0. The molecule has 1 unspecified atom stereocenters. The Kier molecular flexibility index (Phi) is 60.8. The van der Waals surface area contributed by atoms with Crippen LogP contribution in [-0.4, -0.2) is 37.2 Å². The molecule has 0 aromatic rings. The Bertz CT molecular complexity index is 1490. The van der Waals surface area contributed by atoms with Gasteiger partial charge in [0.15, 0.2) is 6.10 Å². The first-order valence-electron chi connectivity index (χ1n) is 32.2. The minimum absolute atomic E-state index is 0.0758. The molecule has 0 heterocycles. The molecule has 0 aliphatic heterocycles. The summed E-state index contributed by atoms with van der Waals surface area (Å²) < 4.78 is 16.9.